The van der Waals surface area contributed by atoms with Gasteiger partial charge in [0.05, 0.1) is 0 Å². The highest BCUT2D eigenvalue weighted by Crippen LogP contribution is 2.20. The van der Waals surface area contributed by atoms with Gasteiger partial charge in [0.25, 0.3) is 0 Å². The molecule has 0 saturated carbocycles. The second kappa shape index (κ2) is 6.10. The number of hydrogen-bond acceptors (Lipinski definition) is 1. The normalized spacial score (nSPS) is 12.9. The molecule has 0 aliphatic heterocycles. The lowest BCUT2D eigenvalue weighted by Crippen LogP contribution is -2.36. The minimum atomic E-state index is -0.798. The van der Waals surface area contributed by atoms with Gasteiger partial charge in [-0.2, -0.15) is 0 Å². The number of nitrogens with one attached hydrogen (secondary N) is 1. The molecule has 3 heteroatoms. The van der Waals surface area contributed by atoms with Crippen LogP contribution < -0.4 is 5.32 Å². The molecule has 1 nitrogen and oxygen atoms in total. The van der Waals surface area contributed by atoms with E-state index in [1.54, 1.807) is 13.0 Å². The Kier molecular flexibility index (Phi) is 5.03. The van der Waals surface area contributed by atoms with Crippen LogP contribution in [-0.2, 0) is 0 Å². The summed E-state index contributed by atoms with van der Waals surface area (Å²) < 4.78 is 26.6. The number of halogens is 2. The smallest absolute Gasteiger partial charge is 0.166 e. The lowest BCUT2D eigenvalue weighted by atomic mass is 10.0. The lowest BCUT2D eigenvalue weighted by molar-refractivity contribution is 0.431. The van der Waals surface area contributed by atoms with E-state index in [9.17, 15) is 8.78 Å². The standard InChI is InChI=1S/C15H21F2N/c1-11(7-6-10-18-15(2,3)4)12-8-5-9-13(16)14(12)17/h5,7-9,18H,6,10H2,1-4H3. The van der Waals surface area contributed by atoms with Gasteiger partial charge in [-0.1, -0.05) is 18.2 Å². The molecule has 0 unspecified atom stereocenters. The van der Waals surface area contributed by atoms with Crippen LogP contribution in [0.15, 0.2) is 24.3 Å². The van der Waals surface area contributed by atoms with Crippen molar-refractivity contribution in [1.82, 2.24) is 5.32 Å². The van der Waals surface area contributed by atoms with Gasteiger partial charge >= 0.3 is 0 Å². The largest absolute Gasteiger partial charge is 0.312 e. The summed E-state index contributed by atoms with van der Waals surface area (Å²) in [6.07, 6.45) is 2.72. The third-order valence-corrected chi connectivity index (χ3v) is 2.63. The summed E-state index contributed by atoms with van der Waals surface area (Å²) in [6, 6.07) is 4.26. The van der Waals surface area contributed by atoms with Crippen LogP contribution in [0.2, 0.25) is 0 Å². The summed E-state index contributed by atoms with van der Waals surface area (Å²) in [7, 11) is 0. The maximum atomic E-state index is 13.5. The van der Waals surface area contributed by atoms with Gasteiger partial charge in [0, 0.05) is 11.1 Å². The van der Waals surface area contributed by atoms with E-state index < -0.39 is 11.6 Å². The third-order valence-electron chi connectivity index (χ3n) is 2.63. The van der Waals surface area contributed by atoms with Crippen molar-refractivity contribution in [1.29, 1.82) is 0 Å². The highest BCUT2D eigenvalue weighted by molar-refractivity contribution is 5.64. The van der Waals surface area contributed by atoms with E-state index in [2.05, 4.69) is 26.1 Å². The van der Waals surface area contributed by atoms with Gasteiger partial charge in [0.2, 0.25) is 0 Å². The van der Waals surface area contributed by atoms with E-state index >= 15 is 0 Å². The predicted molar refractivity (Wildman–Crippen MR) is 72.4 cm³/mol. The maximum Gasteiger partial charge on any atom is 0.166 e. The van der Waals surface area contributed by atoms with Crippen LogP contribution in [0.5, 0.6) is 0 Å². The molecule has 0 spiro atoms. The molecule has 1 rings (SSSR count). The van der Waals surface area contributed by atoms with E-state index in [1.165, 1.54) is 6.07 Å². The van der Waals surface area contributed by atoms with Crippen LogP contribution in [0.3, 0.4) is 0 Å². The molecular formula is C15H21F2N. The van der Waals surface area contributed by atoms with Crippen molar-refractivity contribution in [2.45, 2.75) is 39.7 Å². The summed E-state index contributed by atoms with van der Waals surface area (Å²) in [5.74, 6) is -1.57. The second-order valence-electron chi connectivity index (χ2n) is 5.45. The van der Waals surface area contributed by atoms with Crippen LogP contribution in [0.4, 0.5) is 8.78 Å². The first-order chi connectivity index (χ1) is 8.31. The van der Waals surface area contributed by atoms with E-state index in [-0.39, 0.29) is 5.54 Å². The SMILES string of the molecule is CC(=CCCNC(C)(C)C)c1cccc(F)c1F. The number of rotatable bonds is 4. The second-order valence-corrected chi connectivity index (χ2v) is 5.45. The molecule has 1 aromatic rings. The molecule has 0 atom stereocenters. The highest BCUT2D eigenvalue weighted by atomic mass is 19.2. The molecule has 1 aromatic carbocycles. The Morgan fingerprint density at radius 3 is 2.56 bits per heavy atom. The van der Waals surface area contributed by atoms with Crippen LogP contribution >= 0.6 is 0 Å². The fourth-order valence-electron chi connectivity index (χ4n) is 1.65. The summed E-state index contributed by atoms with van der Waals surface area (Å²) in [5.41, 5.74) is 1.18. The van der Waals surface area contributed by atoms with E-state index in [0.717, 1.165) is 24.6 Å². The Morgan fingerprint density at radius 1 is 1.28 bits per heavy atom. The molecule has 100 valence electrons. The molecule has 0 saturated heterocycles. The molecule has 0 bridgehead atoms. The first-order valence-electron chi connectivity index (χ1n) is 6.17. The van der Waals surface area contributed by atoms with Gasteiger partial charge in [-0.3, -0.25) is 0 Å². The van der Waals surface area contributed by atoms with Crippen molar-refractivity contribution in [3.05, 3.63) is 41.5 Å². The third kappa shape index (κ3) is 4.57. The molecule has 18 heavy (non-hydrogen) atoms. The fraction of sp³-hybridized carbons (Fsp3) is 0.467. The Morgan fingerprint density at radius 2 is 1.94 bits per heavy atom. The number of allylic oxidation sites excluding steroid dienone is 1. The molecule has 0 fully saturated rings. The van der Waals surface area contributed by atoms with Gasteiger partial charge in [0.15, 0.2) is 11.6 Å². The molecule has 0 aliphatic carbocycles. The quantitative estimate of drug-likeness (QED) is 0.795. The molecule has 0 aromatic heterocycles. The van der Waals surface area contributed by atoms with Crippen molar-refractivity contribution in [3.63, 3.8) is 0 Å². The molecular weight excluding hydrogens is 232 g/mol. The molecule has 1 N–H and O–H groups in total. The first-order valence-corrected chi connectivity index (χ1v) is 6.17. The minimum Gasteiger partial charge on any atom is -0.312 e. The van der Waals surface area contributed by atoms with Crippen LogP contribution in [0.1, 0.15) is 39.7 Å². The molecule has 0 aliphatic rings. The van der Waals surface area contributed by atoms with Gasteiger partial charge in [-0.15, -0.1) is 0 Å². The van der Waals surface area contributed by atoms with Crippen molar-refractivity contribution in [2.24, 2.45) is 0 Å². The number of benzene rings is 1. The lowest BCUT2D eigenvalue weighted by Gasteiger charge is -2.19. The Bertz CT molecular complexity index is 431. The summed E-state index contributed by atoms with van der Waals surface area (Å²) in [6.45, 7) is 8.90. The fourth-order valence-corrected chi connectivity index (χ4v) is 1.65. The number of hydrogen-bond donors (Lipinski definition) is 1. The molecule has 0 amide bonds. The van der Waals surface area contributed by atoms with Crippen molar-refractivity contribution >= 4 is 5.57 Å². The van der Waals surface area contributed by atoms with Crippen LogP contribution in [-0.4, -0.2) is 12.1 Å². The Labute approximate surface area is 108 Å². The zero-order chi connectivity index (χ0) is 13.8. The molecule has 0 radical (unpaired) electrons. The van der Waals surface area contributed by atoms with Gasteiger partial charge < -0.3 is 5.32 Å². The van der Waals surface area contributed by atoms with Gasteiger partial charge in [0.1, 0.15) is 0 Å². The summed E-state index contributed by atoms with van der Waals surface area (Å²) in [4.78, 5) is 0. The van der Waals surface area contributed by atoms with Gasteiger partial charge in [-0.25, -0.2) is 8.78 Å². The predicted octanol–water partition coefficient (Wildman–Crippen LogP) is 4.15. The molecule has 0 heterocycles. The van der Waals surface area contributed by atoms with Crippen molar-refractivity contribution < 1.29 is 8.78 Å². The average Bonchev–Trinajstić information content (AvgIpc) is 2.26. The van der Waals surface area contributed by atoms with Gasteiger partial charge in [-0.05, 0) is 52.3 Å². The van der Waals surface area contributed by atoms with Crippen LogP contribution in [0.25, 0.3) is 5.57 Å². The average molecular weight is 253 g/mol. The zero-order valence-electron chi connectivity index (χ0n) is 11.5. The Hall–Kier alpha value is -1.22. The summed E-state index contributed by atoms with van der Waals surface area (Å²) >= 11 is 0. The monoisotopic (exact) mass is 253 g/mol. The van der Waals surface area contributed by atoms with Crippen molar-refractivity contribution in [2.75, 3.05) is 6.54 Å². The van der Waals surface area contributed by atoms with E-state index in [0.29, 0.717) is 5.56 Å². The highest BCUT2D eigenvalue weighted by Gasteiger charge is 2.09. The van der Waals surface area contributed by atoms with Crippen LogP contribution in [0, 0.1) is 11.6 Å². The Balaban J connectivity index is 2.64. The zero-order valence-corrected chi connectivity index (χ0v) is 11.5. The van der Waals surface area contributed by atoms with Crippen molar-refractivity contribution in [3.8, 4) is 0 Å². The van der Waals surface area contributed by atoms with E-state index in [1.807, 2.05) is 6.08 Å². The first kappa shape index (κ1) is 14.8. The maximum absolute atomic E-state index is 13.5. The topological polar surface area (TPSA) is 12.0 Å². The summed E-state index contributed by atoms with van der Waals surface area (Å²) in [5, 5.41) is 3.34. The minimum absolute atomic E-state index is 0.0752. The van der Waals surface area contributed by atoms with E-state index in [4.69, 9.17) is 0 Å².